The fourth-order valence-corrected chi connectivity index (χ4v) is 0.939. The highest BCUT2D eigenvalue weighted by Gasteiger charge is 2.15. The Morgan fingerprint density at radius 1 is 1.21 bits per heavy atom. The molecule has 14 heavy (non-hydrogen) atoms. The first-order valence-corrected chi connectivity index (χ1v) is 4.41. The molecule has 0 atom stereocenters. The number of ether oxygens (including phenoxy) is 1. The van der Waals surface area contributed by atoms with Crippen molar-refractivity contribution in [2.75, 3.05) is 0 Å². The van der Waals surface area contributed by atoms with Crippen LogP contribution in [0.15, 0.2) is 23.0 Å². The molecule has 2 heterocycles. The van der Waals surface area contributed by atoms with Crippen molar-refractivity contribution in [3.63, 3.8) is 0 Å². The zero-order valence-electron chi connectivity index (χ0n) is 7.99. The average molecular weight is 196 g/mol. The van der Waals surface area contributed by atoms with Crippen LogP contribution in [0, 0.1) is 6.92 Å². The van der Waals surface area contributed by atoms with Crippen LogP contribution in [0.2, 0.25) is 0 Å². The Balaban J connectivity index is 0.000000146. The fourth-order valence-electron chi connectivity index (χ4n) is 0.939. The summed E-state index contributed by atoms with van der Waals surface area (Å²) in [5.41, 5.74) is 1.18. The van der Waals surface area contributed by atoms with Crippen LogP contribution in [0.3, 0.4) is 0 Å². The van der Waals surface area contributed by atoms with Gasteiger partial charge in [0.05, 0.1) is 12.5 Å². The van der Waals surface area contributed by atoms with E-state index in [1.807, 2.05) is 13.0 Å². The minimum absolute atomic E-state index is 0.388. The highest BCUT2D eigenvalue weighted by atomic mass is 16.6. The maximum absolute atomic E-state index is 10.2. The molecule has 4 nitrogen and oxygen atoms in total. The molecule has 1 aliphatic rings. The van der Waals surface area contributed by atoms with Crippen molar-refractivity contribution in [2.45, 2.75) is 26.2 Å². The summed E-state index contributed by atoms with van der Waals surface area (Å²) in [5.74, 6) is -0.775. The van der Waals surface area contributed by atoms with E-state index in [1.165, 1.54) is 5.56 Å². The van der Waals surface area contributed by atoms with E-state index in [0.717, 1.165) is 0 Å². The molecule has 1 fully saturated rings. The third kappa shape index (κ3) is 3.89. The van der Waals surface area contributed by atoms with Gasteiger partial charge >= 0.3 is 11.9 Å². The number of hydrogen-bond donors (Lipinski definition) is 0. The monoisotopic (exact) mass is 196 g/mol. The lowest BCUT2D eigenvalue weighted by atomic mass is 10.2. The fraction of sp³-hybridized carbons (Fsp3) is 0.400. The van der Waals surface area contributed by atoms with Gasteiger partial charge in [0.25, 0.3) is 0 Å². The average Bonchev–Trinajstić information content (AvgIpc) is 2.56. The zero-order valence-corrected chi connectivity index (χ0v) is 7.99. The van der Waals surface area contributed by atoms with E-state index in [2.05, 4.69) is 4.74 Å². The summed E-state index contributed by atoms with van der Waals surface area (Å²) in [4.78, 5) is 20.5. The number of hydrogen-bond acceptors (Lipinski definition) is 4. The summed E-state index contributed by atoms with van der Waals surface area (Å²) in [6.07, 6.45) is 4.81. The lowest BCUT2D eigenvalue weighted by molar-refractivity contribution is -0.163. The molecule has 1 aromatic heterocycles. The number of esters is 2. The molecule has 2 rings (SSSR count). The molecular weight excluding hydrogens is 184 g/mol. The van der Waals surface area contributed by atoms with E-state index in [1.54, 1.807) is 12.5 Å². The standard InChI is InChI=1S/C5H6O3.C5H6O/c6-4-2-1-3-5(7)8-4;1-5-2-3-6-4-5/h1-3H2;2-4H,1H3. The first-order valence-electron chi connectivity index (χ1n) is 4.41. The van der Waals surface area contributed by atoms with Gasteiger partial charge in [0.1, 0.15) is 0 Å². The molecule has 0 saturated carbocycles. The number of cyclic esters (lactones) is 2. The normalized spacial score (nSPS) is 15.5. The number of carbonyl (C=O) groups is 2. The van der Waals surface area contributed by atoms with Crippen LogP contribution in [0.5, 0.6) is 0 Å². The minimum atomic E-state index is -0.388. The van der Waals surface area contributed by atoms with Crippen LogP contribution >= 0.6 is 0 Å². The van der Waals surface area contributed by atoms with Gasteiger partial charge in [-0.15, -0.1) is 0 Å². The van der Waals surface area contributed by atoms with Crippen LogP contribution in [-0.2, 0) is 14.3 Å². The molecular formula is C10H12O4. The molecule has 1 aliphatic heterocycles. The Hall–Kier alpha value is -1.58. The summed E-state index contributed by atoms with van der Waals surface area (Å²) in [6, 6.07) is 1.92. The van der Waals surface area contributed by atoms with Gasteiger partial charge in [-0.3, -0.25) is 9.59 Å². The summed E-state index contributed by atoms with van der Waals surface area (Å²) >= 11 is 0. The van der Waals surface area contributed by atoms with Crippen molar-refractivity contribution >= 4 is 11.9 Å². The summed E-state index contributed by atoms with van der Waals surface area (Å²) < 4.78 is 8.92. The van der Waals surface area contributed by atoms with Crippen LogP contribution in [-0.4, -0.2) is 11.9 Å². The highest BCUT2D eigenvalue weighted by molar-refractivity contribution is 5.87. The van der Waals surface area contributed by atoms with E-state index < -0.39 is 0 Å². The van der Waals surface area contributed by atoms with Crippen molar-refractivity contribution in [3.05, 3.63) is 24.2 Å². The number of carbonyl (C=O) groups excluding carboxylic acids is 2. The van der Waals surface area contributed by atoms with Crippen LogP contribution in [0.25, 0.3) is 0 Å². The van der Waals surface area contributed by atoms with Gasteiger partial charge in [-0.25, -0.2) is 0 Å². The van der Waals surface area contributed by atoms with E-state index in [9.17, 15) is 9.59 Å². The first kappa shape index (κ1) is 10.5. The molecule has 0 radical (unpaired) electrons. The lowest BCUT2D eigenvalue weighted by Crippen LogP contribution is -2.17. The van der Waals surface area contributed by atoms with Crippen molar-refractivity contribution in [2.24, 2.45) is 0 Å². The second-order valence-corrected chi connectivity index (χ2v) is 3.00. The van der Waals surface area contributed by atoms with Gasteiger partial charge in [-0.2, -0.15) is 0 Å². The Bertz CT molecular complexity index is 286. The second kappa shape index (κ2) is 5.21. The quantitative estimate of drug-likeness (QED) is 0.469. The highest BCUT2D eigenvalue weighted by Crippen LogP contribution is 2.06. The minimum Gasteiger partial charge on any atom is -0.472 e. The molecule has 0 spiro atoms. The predicted molar refractivity (Wildman–Crippen MR) is 48.4 cm³/mol. The van der Waals surface area contributed by atoms with E-state index in [0.29, 0.717) is 19.3 Å². The largest absolute Gasteiger partial charge is 0.472 e. The zero-order chi connectivity index (χ0) is 10.4. The predicted octanol–water partition coefficient (Wildman–Crippen LogP) is 1.83. The van der Waals surface area contributed by atoms with E-state index >= 15 is 0 Å². The molecule has 1 saturated heterocycles. The molecule has 1 aromatic rings. The van der Waals surface area contributed by atoms with Crippen molar-refractivity contribution < 1.29 is 18.7 Å². The Labute approximate surface area is 81.9 Å². The van der Waals surface area contributed by atoms with Gasteiger partial charge in [-0.1, -0.05) is 0 Å². The third-order valence-electron chi connectivity index (χ3n) is 1.65. The molecule has 0 aromatic carbocycles. The molecule has 0 N–H and O–H groups in total. The second-order valence-electron chi connectivity index (χ2n) is 3.00. The first-order chi connectivity index (χ1) is 6.68. The van der Waals surface area contributed by atoms with Gasteiger partial charge in [0, 0.05) is 12.8 Å². The SMILES string of the molecule is Cc1ccoc1.O=C1CCCC(=O)O1. The van der Waals surface area contributed by atoms with Crippen molar-refractivity contribution in [1.29, 1.82) is 0 Å². The summed E-state index contributed by atoms with van der Waals surface area (Å²) in [6.45, 7) is 1.99. The smallest absolute Gasteiger partial charge is 0.313 e. The van der Waals surface area contributed by atoms with Crippen molar-refractivity contribution in [3.8, 4) is 0 Å². The number of aryl methyl sites for hydroxylation is 1. The third-order valence-corrected chi connectivity index (χ3v) is 1.65. The molecule has 0 unspecified atom stereocenters. The summed E-state index contributed by atoms with van der Waals surface area (Å²) in [5, 5.41) is 0. The summed E-state index contributed by atoms with van der Waals surface area (Å²) in [7, 11) is 0. The van der Waals surface area contributed by atoms with E-state index in [-0.39, 0.29) is 11.9 Å². The molecule has 0 aliphatic carbocycles. The van der Waals surface area contributed by atoms with Gasteiger partial charge in [0.2, 0.25) is 0 Å². The van der Waals surface area contributed by atoms with Gasteiger partial charge in [0.15, 0.2) is 0 Å². The Kier molecular flexibility index (Phi) is 3.91. The van der Waals surface area contributed by atoms with Gasteiger partial charge in [-0.05, 0) is 25.0 Å². The van der Waals surface area contributed by atoms with Crippen LogP contribution in [0.1, 0.15) is 24.8 Å². The number of rotatable bonds is 0. The van der Waals surface area contributed by atoms with Crippen LogP contribution in [0.4, 0.5) is 0 Å². The van der Waals surface area contributed by atoms with Crippen LogP contribution < -0.4 is 0 Å². The Morgan fingerprint density at radius 3 is 2.07 bits per heavy atom. The van der Waals surface area contributed by atoms with Gasteiger partial charge < -0.3 is 9.15 Å². The Morgan fingerprint density at radius 2 is 1.86 bits per heavy atom. The molecule has 0 amide bonds. The maximum Gasteiger partial charge on any atom is 0.313 e. The van der Waals surface area contributed by atoms with Crippen molar-refractivity contribution in [1.82, 2.24) is 0 Å². The topological polar surface area (TPSA) is 56.5 Å². The van der Waals surface area contributed by atoms with E-state index in [4.69, 9.17) is 4.42 Å². The molecule has 0 bridgehead atoms. The number of furan rings is 1. The molecule has 76 valence electrons. The maximum atomic E-state index is 10.2. The lowest BCUT2D eigenvalue weighted by Gasteiger charge is -2.06. The molecule has 4 heteroatoms.